The second-order valence-electron chi connectivity index (χ2n) is 4.67. The van der Waals surface area contributed by atoms with Crippen molar-refractivity contribution < 1.29 is 23.4 Å². The van der Waals surface area contributed by atoms with E-state index in [0.29, 0.717) is 4.88 Å². The van der Waals surface area contributed by atoms with E-state index in [1.54, 1.807) is 0 Å². The number of hydrogen-bond donors (Lipinski definition) is 2. The van der Waals surface area contributed by atoms with Crippen LogP contribution in [0.1, 0.15) is 10.4 Å². The molecular formula is C13H13ClF3N3O2S. The van der Waals surface area contributed by atoms with E-state index >= 15 is 0 Å². The Morgan fingerprint density at radius 2 is 2.09 bits per heavy atom. The van der Waals surface area contributed by atoms with Crippen molar-refractivity contribution in [2.24, 2.45) is 0 Å². The first kappa shape index (κ1) is 17.9. The highest BCUT2D eigenvalue weighted by molar-refractivity contribution is 7.15. The van der Waals surface area contributed by atoms with Gasteiger partial charge in [-0.15, -0.1) is 11.3 Å². The lowest BCUT2D eigenvalue weighted by atomic mass is 10.2. The highest BCUT2D eigenvalue weighted by atomic mass is 35.5. The second-order valence-corrected chi connectivity index (χ2v) is 6.37. The molecule has 2 rings (SSSR count). The van der Waals surface area contributed by atoms with Gasteiger partial charge in [0.2, 0.25) is 0 Å². The van der Waals surface area contributed by atoms with Crippen molar-refractivity contribution in [3.05, 3.63) is 39.4 Å². The summed E-state index contributed by atoms with van der Waals surface area (Å²) < 4.78 is 39.7. The van der Waals surface area contributed by atoms with Crippen LogP contribution >= 0.6 is 22.9 Å². The van der Waals surface area contributed by atoms with Crippen LogP contribution in [0.3, 0.4) is 0 Å². The Morgan fingerprint density at radius 3 is 2.65 bits per heavy atom. The first-order valence-corrected chi connectivity index (χ1v) is 7.67. The topological polar surface area (TPSA) is 69.5 Å². The number of aromatic nitrogens is 2. The maximum Gasteiger partial charge on any atom is 0.419 e. The van der Waals surface area contributed by atoms with E-state index in [9.17, 15) is 18.3 Å². The molecule has 0 radical (unpaired) electrons. The fourth-order valence-corrected chi connectivity index (χ4v) is 2.95. The highest BCUT2D eigenvalue weighted by Gasteiger charge is 2.36. The molecule has 0 fully saturated rings. The van der Waals surface area contributed by atoms with Crippen LogP contribution in [-0.4, -0.2) is 39.4 Å². The Morgan fingerprint density at radius 1 is 1.35 bits per heavy atom. The number of rotatable bonds is 6. The molecule has 0 amide bonds. The Labute approximate surface area is 139 Å². The molecule has 0 bridgehead atoms. The molecule has 2 aromatic heterocycles. The minimum atomic E-state index is -4.59. The Bertz CT molecular complexity index is 653. The van der Waals surface area contributed by atoms with Gasteiger partial charge in [-0.25, -0.2) is 9.97 Å². The van der Waals surface area contributed by atoms with E-state index in [1.807, 2.05) is 0 Å². The predicted octanol–water partition coefficient (Wildman–Crippen LogP) is 2.57. The molecule has 0 saturated carbocycles. The molecule has 23 heavy (non-hydrogen) atoms. The second kappa shape index (κ2) is 7.43. The van der Waals surface area contributed by atoms with Crippen LogP contribution in [0.25, 0.3) is 0 Å². The first-order valence-electron chi connectivity index (χ1n) is 6.47. The number of alkyl halides is 3. The van der Waals surface area contributed by atoms with Gasteiger partial charge in [-0.05, 0) is 12.1 Å². The summed E-state index contributed by atoms with van der Waals surface area (Å²) in [4.78, 5) is 9.49. The lowest BCUT2D eigenvalue weighted by molar-refractivity contribution is -0.137. The first-order chi connectivity index (χ1) is 10.8. The van der Waals surface area contributed by atoms with Gasteiger partial charge < -0.3 is 15.1 Å². The molecule has 0 aliphatic carbocycles. The SMILES string of the molecule is OCC(O)CN(Cc1cnc(Cl)s1)c1ncccc1C(F)(F)F. The molecule has 1 atom stereocenters. The van der Waals surface area contributed by atoms with Crippen molar-refractivity contribution in [2.75, 3.05) is 18.1 Å². The highest BCUT2D eigenvalue weighted by Crippen LogP contribution is 2.36. The van der Waals surface area contributed by atoms with Gasteiger partial charge in [0.15, 0.2) is 4.47 Å². The lowest BCUT2D eigenvalue weighted by Crippen LogP contribution is -2.35. The minimum absolute atomic E-state index is 0.0293. The number of aliphatic hydroxyl groups is 2. The number of halogens is 4. The molecule has 0 aromatic carbocycles. The molecule has 0 aliphatic heterocycles. The monoisotopic (exact) mass is 367 g/mol. The summed E-state index contributed by atoms with van der Waals surface area (Å²) in [5.41, 5.74) is -0.916. The van der Waals surface area contributed by atoms with E-state index in [-0.39, 0.29) is 23.4 Å². The molecule has 0 saturated heterocycles. The van der Waals surface area contributed by atoms with Gasteiger partial charge in [0.05, 0.1) is 24.8 Å². The average Bonchev–Trinajstić information content (AvgIpc) is 2.90. The molecule has 10 heteroatoms. The molecule has 2 heterocycles. The third-order valence-corrected chi connectivity index (χ3v) is 4.01. The largest absolute Gasteiger partial charge is 0.419 e. The maximum atomic E-state index is 13.2. The Balaban J connectivity index is 2.37. The van der Waals surface area contributed by atoms with E-state index in [1.165, 1.54) is 23.4 Å². The van der Waals surface area contributed by atoms with Gasteiger partial charge in [-0.3, -0.25) is 0 Å². The van der Waals surface area contributed by atoms with Crippen LogP contribution < -0.4 is 4.90 Å². The zero-order valence-electron chi connectivity index (χ0n) is 11.7. The summed E-state index contributed by atoms with van der Waals surface area (Å²) >= 11 is 6.85. The third-order valence-electron chi connectivity index (χ3n) is 2.91. The minimum Gasteiger partial charge on any atom is -0.394 e. The Hall–Kier alpha value is -1.42. The van der Waals surface area contributed by atoms with Crippen molar-refractivity contribution in [2.45, 2.75) is 18.8 Å². The smallest absolute Gasteiger partial charge is 0.394 e. The van der Waals surface area contributed by atoms with Gasteiger partial charge in [0, 0.05) is 23.8 Å². The fraction of sp³-hybridized carbons (Fsp3) is 0.385. The molecule has 1 unspecified atom stereocenters. The van der Waals surface area contributed by atoms with Crippen LogP contribution in [0.5, 0.6) is 0 Å². The van der Waals surface area contributed by atoms with Crippen LogP contribution in [0, 0.1) is 0 Å². The van der Waals surface area contributed by atoms with E-state index in [2.05, 4.69) is 9.97 Å². The molecule has 0 spiro atoms. The molecule has 2 aromatic rings. The van der Waals surface area contributed by atoms with Crippen molar-refractivity contribution in [1.29, 1.82) is 0 Å². The van der Waals surface area contributed by atoms with Gasteiger partial charge in [-0.1, -0.05) is 11.6 Å². The number of thiazole rings is 1. The van der Waals surface area contributed by atoms with E-state index < -0.39 is 24.5 Å². The molecule has 126 valence electrons. The summed E-state index contributed by atoms with van der Waals surface area (Å²) in [5, 5.41) is 18.6. The standard InChI is InChI=1S/C13H13ClF3N3O2S/c14-12-19-4-9(23-12)6-20(5-8(22)7-21)11-10(13(15,16)17)2-1-3-18-11/h1-4,8,21-22H,5-7H2. The fourth-order valence-electron chi connectivity index (χ4n) is 1.95. The zero-order chi connectivity index (χ0) is 17.0. The third kappa shape index (κ3) is 4.77. The number of hydrogen-bond acceptors (Lipinski definition) is 6. The van der Waals surface area contributed by atoms with Gasteiger partial charge in [0.1, 0.15) is 5.82 Å². The van der Waals surface area contributed by atoms with Crippen molar-refractivity contribution in [3.8, 4) is 0 Å². The average molecular weight is 368 g/mol. The summed E-state index contributed by atoms with van der Waals surface area (Å²) in [6.07, 6.45) is -3.11. The summed E-state index contributed by atoms with van der Waals surface area (Å²) in [7, 11) is 0. The van der Waals surface area contributed by atoms with Crippen molar-refractivity contribution >= 4 is 28.8 Å². The van der Waals surface area contributed by atoms with E-state index in [4.69, 9.17) is 16.7 Å². The Kier molecular flexibility index (Phi) is 5.79. The molecular weight excluding hydrogens is 355 g/mol. The predicted molar refractivity (Wildman–Crippen MR) is 80.5 cm³/mol. The summed E-state index contributed by atoms with van der Waals surface area (Å²) in [6, 6.07) is 2.11. The van der Waals surface area contributed by atoms with Gasteiger partial charge in [0.25, 0.3) is 0 Å². The normalized spacial score (nSPS) is 13.1. The van der Waals surface area contributed by atoms with Crippen LogP contribution in [0.15, 0.2) is 24.5 Å². The summed E-state index contributed by atoms with van der Waals surface area (Å²) in [5.74, 6) is -0.322. The van der Waals surface area contributed by atoms with Crippen LogP contribution in [0.4, 0.5) is 19.0 Å². The number of nitrogens with zero attached hydrogens (tertiary/aromatic N) is 3. The van der Waals surface area contributed by atoms with Crippen molar-refractivity contribution in [3.63, 3.8) is 0 Å². The maximum absolute atomic E-state index is 13.2. The van der Waals surface area contributed by atoms with E-state index in [0.717, 1.165) is 17.4 Å². The number of pyridine rings is 1. The molecule has 0 aliphatic rings. The van der Waals surface area contributed by atoms with Crippen LogP contribution in [-0.2, 0) is 12.7 Å². The van der Waals surface area contributed by atoms with Gasteiger partial charge >= 0.3 is 6.18 Å². The van der Waals surface area contributed by atoms with Crippen molar-refractivity contribution in [1.82, 2.24) is 9.97 Å². The summed E-state index contributed by atoms with van der Waals surface area (Å²) in [6.45, 7) is -0.762. The number of anilines is 1. The number of aliphatic hydroxyl groups excluding tert-OH is 2. The quantitative estimate of drug-likeness (QED) is 0.821. The van der Waals surface area contributed by atoms with Gasteiger partial charge in [-0.2, -0.15) is 13.2 Å². The van der Waals surface area contributed by atoms with Crippen LogP contribution in [0.2, 0.25) is 4.47 Å². The zero-order valence-corrected chi connectivity index (χ0v) is 13.2. The molecule has 5 nitrogen and oxygen atoms in total. The lowest BCUT2D eigenvalue weighted by Gasteiger charge is -2.27. The molecule has 2 N–H and O–H groups in total.